The minimum atomic E-state index is -4.45. The molecule has 0 spiro atoms. The SMILES string of the molecule is C[C@H](NP(=O)(OC[C@H]1O[C@@H](n2ccc(=O)[nH]c2=O)[C@](C)(N=[N+]=[N-])[C@@H]1O)Oc1ccc(F)cc1)C(=O)OC1CCCCC1. The van der Waals surface area contributed by atoms with Gasteiger partial charge in [-0.3, -0.25) is 23.7 Å². The second-order valence-corrected chi connectivity index (χ2v) is 12.0. The summed E-state index contributed by atoms with van der Waals surface area (Å²) in [5.74, 6) is -1.30. The van der Waals surface area contributed by atoms with Crippen LogP contribution in [0, 0.1) is 5.82 Å². The monoisotopic (exact) mass is 610 g/mol. The van der Waals surface area contributed by atoms with Gasteiger partial charge in [-0.05, 0) is 69.3 Å². The second-order valence-electron chi connectivity index (χ2n) is 10.3. The maximum atomic E-state index is 13.9. The smallest absolute Gasteiger partial charge is 0.459 e. The van der Waals surface area contributed by atoms with Gasteiger partial charge in [0.15, 0.2) is 6.23 Å². The van der Waals surface area contributed by atoms with Crippen molar-refractivity contribution in [3.63, 3.8) is 0 Å². The Morgan fingerprint density at radius 2 is 2.00 bits per heavy atom. The number of aromatic nitrogens is 2. The van der Waals surface area contributed by atoms with E-state index in [1.54, 1.807) is 0 Å². The average Bonchev–Trinajstić information content (AvgIpc) is 3.19. The van der Waals surface area contributed by atoms with Gasteiger partial charge in [0.2, 0.25) is 0 Å². The van der Waals surface area contributed by atoms with E-state index in [-0.39, 0.29) is 11.9 Å². The van der Waals surface area contributed by atoms with E-state index >= 15 is 0 Å². The standard InChI is InChI=1S/C25H32FN6O9P/c1-15(22(35)39-17-6-4-3-5-7-17)29-42(37,41-18-10-8-16(26)9-11-18)38-14-19-21(34)25(2,30-31-27)23(40-19)32-13-12-20(33)28-24(32)36/h8-13,15,17,19,21,23,34H,3-7,14H2,1-2H3,(H,29,37)(H,28,33,36)/t15-,19+,21+,23+,25+,42?/m0/s1. The summed E-state index contributed by atoms with van der Waals surface area (Å²) in [6, 6.07) is 4.44. The van der Waals surface area contributed by atoms with Crippen molar-refractivity contribution in [2.45, 2.75) is 82.1 Å². The van der Waals surface area contributed by atoms with E-state index in [1.807, 2.05) is 0 Å². The van der Waals surface area contributed by atoms with Gasteiger partial charge in [0.05, 0.1) is 12.7 Å². The number of nitrogens with zero attached hydrogens (tertiary/aromatic N) is 4. The molecule has 2 aliphatic rings. The van der Waals surface area contributed by atoms with E-state index in [1.165, 1.54) is 26.0 Å². The number of nitrogens with one attached hydrogen (secondary N) is 2. The number of aromatic amines is 1. The molecule has 2 heterocycles. The molecule has 228 valence electrons. The molecule has 1 aromatic heterocycles. The molecule has 42 heavy (non-hydrogen) atoms. The van der Waals surface area contributed by atoms with Gasteiger partial charge in [-0.15, -0.1) is 0 Å². The molecule has 0 amide bonds. The van der Waals surface area contributed by atoms with Crippen molar-refractivity contribution < 1.29 is 37.4 Å². The molecule has 1 aliphatic heterocycles. The number of benzene rings is 1. The topological polar surface area (TPSA) is 207 Å². The number of esters is 1. The van der Waals surface area contributed by atoms with Crippen molar-refractivity contribution in [2.75, 3.05) is 6.61 Å². The normalized spacial score (nSPS) is 26.5. The molecule has 1 saturated heterocycles. The molecule has 2 fully saturated rings. The lowest BCUT2D eigenvalue weighted by molar-refractivity contribution is -0.152. The third-order valence-corrected chi connectivity index (χ3v) is 8.75. The third-order valence-electron chi connectivity index (χ3n) is 7.11. The summed E-state index contributed by atoms with van der Waals surface area (Å²) in [4.78, 5) is 41.6. The van der Waals surface area contributed by atoms with Crippen LogP contribution < -0.4 is 20.9 Å². The fourth-order valence-electron chi connectivity index (χ4n) is 4.83. The number of aliphatic hydroxyl groups excluding tert-OH is 1. The Labute approximate surface area is 239 Å². The summed E-state index contributed by atoms with van der Waals surface area (Å²) in [5.41, 5.74) is 5.82. The first-order chi connectivity index (χ1) is 19.9. The van der Waals surface area contributed by atoms with E-state index < -0.39 is 67.4 Å². The van der Waals surface area contributed by atoms with Crippen LogP contribution in [-0.4, -0.2) is 57.1 Å². The van der Waals surface area contributed by atoms with Crippen LogP contribution in [0.1, 0.15) is 52.2 Å². The maximum Gasteiger partial charge on any atom is 0.459 e. The van der Waals surface area contributed by atoms with Crippen molar-refractivity contribution in [3.05, 3.63) is 73.6 Å². The first-order valence-corrected chi connectivity index (χ1v) is 14.9. The lowest BCUT2D eigenvalue weighted by Gasteiger charge is -2.28. The number of azide groups is 1. The number of hydrogen-bond acceptors (Lipinski definition) is 10. The number of rotatable bonds is 11. The quantitative estimate of drug-likeness (QED) is 0.111. The fraction of sp³-hybridized carbons (Fsp3) is 0.560. The summed E-state index contributed by atoms with van der Waals surface area (Å²) in [6.07, 6.45) is 0.889. The van der Waals surface area contributed by atoms with Crippen LogP contribution in [0.15, 0.2) is 51.2 Å². The highest BCUT2D eigenvalue weighted by molar-refractivity contribution is 7.52. The molecule has 4 rings (SSSR count). The van der Waals surface area contributed by atoms with Crippen LogP contribution in [-0.2, 0) is 23.4 Å². The molecule has 0 bridgehead atoms. The predicted molar refractivity (Wildman–Crippen MR) is 145 cm³/mol. The number of ether oxygens (including phenoxy) is 2. The van der Waals surface area contributed by atoms with Gasteiger partial charge in [0.1, 0.15) is 35.4 Å². The van der Waals surface area contributed by atoms with Gasteiger partial charge < -0.3 is 19.1 Å². The number of hydrogen-bond donors (Lipinski definition) is 3. The fourth-order valence-corrected chi connectivity index (χ4v) is 6.33. The summed E-state index contributed by atoms with van der Waals surface area (Å²) >= 11 is 0. The van der Waals surface area contributed by atoms with Crippen molar-refractivity contribution >= 4 is 13.7 Å². The zero-order valence-corrected chi connectivity index (χ0v) is 23.8. The molecule has 6 atom stereocenters. The molecular weight excluding hydrogens is 578 g/mol. The Hall–Kier alpha value is -3.52. The molecule has 1 aromatic carbocycles. The predicted octanol–water partition coefficient (Wildman–Crippen LogP) is 3.06. The first-order valence-electron chi connectivity index (χ1n) is 13.3. The van der Waals surface area contributed by atoms with Crippen LogP contribution in [0.2, 0.25) is 0 Å². The molecule has 0 radical (unpaired) electrons. The summed E-state index contributed by atoms with van der Waals surface area (Å²) in [6.45, 7) is 2.10. The summed E-state index contributed by atoms with van der Waals surface area (Å²) in [5, 5.41) is 17.2. The van der Waals surface area contributed by atoms with Gasteiger partial charge >= 0.3 is 19.4 Å². The lowest BCUT2D eigenvalue weighted by Crippen LogP contribution is -2.45. The van der Waals surface area contributed by atoms with E-state index in [4.69, 9.17) is 24.1 Å². The van der Waals surface area contributed by atoms with Crippen molar-refractivity contribution in [3.8, 4) is 5.75 Å². The minimum absolute atomic E-state index is 0.0513. The molecule has 1 aliphatic carbocycles. The maximum absolute atomic E-state index is 13.9. The van der Waals surface area contributed by atoms with Crippen LogP contribution in [0.4, 0.5) is 4.39 Å². The van der Waals surface area contributed by atoms with E-state index in [0.717, 1.165) is 61.1 Å². The summed E-state index contributed by atoms with van der Waals surface area (Å²) < 4.78 is 50.8. The Morgan fingerprint density at radius 1 is 1.31 bits per heavy atom. The average molecular weight is 611 g/mol. The van der Waals surface area contributed by atoms with Crippen LogP contribution >= 0.6 is 7.75 Å². The van der Waals surface area contributed by atoms with E-state index in [9.17, 15) is 28.4 Å². The Bertz CT molecular complexity index is 1470. The van der Waals surface area contributed by atoms with Crippen molar-refractivity contribution in [1.29, 1.82) is 0 Å². The van der Waals surface area contributed by atoms with E-state index in [2.05, 4.69) is 20.1 Å². The van der Waals surface area contributed by atoms with Gasteiger partial charge in [-0.2, -0.15) is 5.09 Å². The molecule has 1 unspecified atom stereocenters. The molecule has 2 aromatic rings. The van der Waals surface area contributed by atoms with Crippen molar-refractivity contribution in [2.24, 2.45) is 5.11 Å². The van der Waals surface area contributed by atoms with Crippen LogP contribution in [0.5, 0.6) is 5.75 Å². The summed E-state index contributed by atoms with van der Waals surface area (Å²) in [7, 11) is -4.45. The molecule has 15 nitrogen and oxygen atoms in total. The highest BCUT2D eigenvalue weighted by Crippen LogP contribution is 2.47. The highest BCUT2D eigenvalue weighted by Gasteiger charge is 2.55. The molecule has 1 saturated carbocycles. The first kappa shape index (κ1) is 31.4. The number of aliphatic hydroxyl groups is 1. The number of carbonyl (C=O) groups is 1. The zero-order chi connectivity index (χ0) is 30.5. The highest BCUT2D eigenvalue weighted by atomic mass is 31.2. The lowest BCUT2D eigenvalue weighted by atomic mass is 9.93. The Kier molecular flexibility index (Phi) is 9.87. The Morgan fingerprint density at radius 3 is 2.64 bits per heavy atom. The van der Waals surface area contributed by atoms with Gasteiger partial charge in [0.25, 0.3) is 5.56 Å². The largest absolute Gasteiger partial charge is 0.461 e. The van der Waals surface area contributed by atoms with Crippen molar-refractivity contribution in [1.82, 2.24) is 14.6 Å². The van der Waals surface area contributed by atoms with Gasteiger partial charge in [0, 0.05) is 17.2 Å². The molecule has 17 heteroatoms. The van der Waals surface area contributed by atoms with E-state index in [0.29, 0.717) is 0 Å². The zero-order valence-electron chi connectivity index (χ0n) is 22.9. The second kappa shape index (κ2) is 13.2. The van der Waals surface area contributed by atoms with Gasteiger partial charge in [-0.25, -0.2) is 13.8 Å². The van der Waals surface area contributed by atoms with Crippen LogP contribution in [0.25, 0.3) is 10.4 Å². The minimum Gasteiger partial charge on any atom is -0.461 e. The number of H-pyrrole nitrogens is 1. The van der Waals surface area contributed by atoms with Crippen LogP contribution in [0.3, 0.4) is 0 Å². The molecule has 3 N–H and O–H groups in total. The Balaban J connectivity index is 1.54. The third kappa shape index (κ3) is 7.27. The number of halogens is 1. The van der Waals surface area contributed by atoms with Gasteiger partial charge in [-0.1, -0.05) is 11.5 Å². The molecular formula is C25H32FN6O9P. The number of carbonyl (C=O) groups excluding carboxylic acids is 1.